The Morgan fingerprint density at radius 3 is 2.44 bits per heavy atom. The number of piperazine rings is 1. The Morgan fingerprint density at radius 2 is 1.80 bits per heavy atom. The maximum absolute atomic E-state index is 12.7. The largest absolute Gasteiger partial charge is 0.368 e. The van der Waals surface area contributed by atoms with Crippen LogP contribution in [0.2, 0.25) is 5.02 Å². The molecule has 25 heavy (non-hydrogen) atoms. The van der Waals surface area contributed by atoms with Gasteiger partial charge in [0, 0.05) is 55.2 Å². The summed E-state index contributed by atoms with van der Waals surface area (Å²) in [6.07, 6.45) is 5.68. The highest BCUT2D eigenvalue weighted by Crippen LogP contribution is 2.37. The molecule has 2 aliphatic rings. The number of amides is 1. The van der Waals surface area contributed by atoms with Gasteiger partial charge in [0.15, 0.2) is 0 Å². The molecule has 130 valence electrons. The summed E-state index contributed by atoms with van der Waals surface area (Å²) in [4.78, 5) is 25.6. The molecule has 0 atom stereocenters. The van der Waals surface area contributed by atoms with Crippen molar-refractivity contribution in [2.45, 2.75) is 25.7 Å². The Labute approximate surface area is 152 Å². The van der Waals surface area contributed by atoms with Crippen LogP contribution < -0.4 is 4.90 Å². The van der Waals surface area contributed by atoms with Gasteiger partial charge in [0.1, 0.15) is 5.82 Å². The Morgan fingerprint density at radius 1 is 1.12 bits per heavy atom. The van der Waals surface area contributed by atoms with Crippen molar-refractivity contribution >= 4 is 23.2 Å². The van der Waals surface area contributed by atoms with E-state index >= 15 is 0 Å². The van der Waals surface area contributed by atoms with E-state index in [1.54, 1.807) is 12.4 Å². The third-order valence-electron chi connectivity index (χ3n) is 4.94. The number of aromatic nitrogens is 2. The van der Waals surface area contributed by atoms with Gasteiger partial charge in [-0.25, -0.2) is 9.97 Å². The fourth-order valence-corrected chi connectivity index (χ4v) is 3.42. The lowest BCUT2D eigenvalue weighted by molar-refractivity contribution is 0.0746. The number of hydrogen-bond acceptors (Lipinski definition) is 4. The number of halogens is 1. The zero-order valence-electron chi connectivity index (χ0n) is 14.3. The SMILES string of the molecule is Cc1ccc(Cl)cc1N1CCN(C(=O)c2cnc(C3CC3)nc2)CC1. The summed E-state index contributed by atoms with van der Waals surface area (Å²) >= 11 is 6.13. The summed E-state index contributed by atoms with van der Waals surface area (Å²) in [5.41, 5.74) is 2.93. The minimum Gasteiger partial charge on any atom is -0.368 e. The van der Waals surface area contributed by atoms with E-state index in [-0.39, 0.29) is 5.91 Å². The second-order valence-electron chi connectivity index (χ2n) is 6.81. The van der Waals surface area contributed by atoms with Crippen molar-refractivity contribution in [3.05, 3.63) is 52.6 Å². The minimum atomic E-state index is 0.0183. The molecular weight excluding hydrogens is 336 g/mol. The first kappa shape index (κ1) is 16.3. The molecule has 1 aliphatic carbocycles. The number of carbonyl (C=O) groups excluding carboxylic acids is 1. The lowest BCUT2D eigenvalue weighted by Gasteiger charge is -2.36. The predicted octanol–water partition coefficient (Wildman–Crippen LogP) is 3.28. The van der Waals surface area contributed by atoms with E-state index in [2.05, 4.69) is 21.8 Å². The van der Waals surface area contributed by atoms with E-state index in [0.717, 1.165) is 42.5 Å². The first-order valence-electron chi connectivity index (χ1n) is 8.74. The average molecular weight is 357 g/mol. The summed E-state index contributed by atoms with van der Waals surface area (Å²) in [5, 5.41) is 0.743. The van der Waals surface area contributed by atoms with Crippen LogP contribution in [0.1, 0.15) is 40.5 Å². The first-order valence-corrected chi connectivity index (χ1v) is 9.12. The van der Waals surface area contributed by atoms with Crippen LogP contribution in [0.5, 0.6) is 0 Å². The maximum atomic E-state index is 12.7. The van der Waals surface area contributed by atoms with Crippen LogP contribution in [0.15, 0.2) is 30.6 Å². The van der Waals surface area contributed by atoms with E-state index in [1.165, 1.54) is 5.56 Å². The highest BCUT2D eigenvalue weighted by molar-refractivity contribution is 6.30. The second kappa shape index (κ2) is 6.64. The summed E-state index contributed by atoms with van der Waals surface area (Å²) in [6.45, 7) is 5.06. The van der Waals surface area contributed by atoms with Crippen LogP contribution in [-0.2, 0) is 0 Å². The molecule has 0 N–H and O–H groups in total. The molecule has 4 rings (SSSR count). The number of rotatable bonds is 3. The number of carbonyl (C=O) groups is 1. The van der Waals surface area contributed by atoms with Crippen LogP contribution >= 0.6 is 11.6 Å². The van der Waals surface area contributed by atoms with Crippen molar-refractivity contribution in [2.75, 3.05) is 31.1 Å². The van der Waals surface area contributed by atoms with Crippen LogP contribution in [0.4, 0.5) is 5.69 Å². The zero-order valence-corrected chi connectivity index (χ0v) is 15.0. The third kappa shape index (κ3) is 3.47. The summed E-state index contributed by atoms with van der Waals surface area (Å²) in [7, 11) is 0. The topological polar surface area (TPSA) is 49.3 Å². The minimum absolute atomic E-state index is 0.0183. The molecule has 1 saturated carbocycles. The fraction of sp³-hybridized carbons (Fsp3) is 0.421. The van der Waals surface area contributed by atoms with Gasteiger partial charge in [-0.3, -0.25) is 4.79 Å². The predicted molar refractivity (Wildman–Crippen MR) is 98.3 cm³/mol. The Hall–Kier alpha value is -2.14. The summed E-state index contributed by atoms with van der Waals surface area (Å²) < 4.78 is 0. The van der Waals surface area contributed by atoms with Crippen LogP contribution in [-0.4, -0.2) is 47.0 Å². The van der Waals surface area contributed by atoms with Crippen LogP contribution in [0, 0.1) is 6.92 Å². The molecule has 0 bridgehead atoms. The van der Waals surface area contributed by atoms with Gasteiger partial charge in [-0.1, -0.05) is 17.7 Å². The average Bonchev–Trinajstić information content (AvgIpc) is 3.49. The quantitative estimate of drug-likeness (QED) is 0.846. The standard InChI is InChI=1S/C19H21ClN4O/c1-13-2-5-16(20)10-17(13)23-6-8-24(9-7-23)19(25)15-11-21-18(22-12-15)14-3-4-14/h2,5,10-12,14H,3-4,6-9H2,1H3. The van der Waals surface area contributed by atoms with Gasteiger partial charge in [-0.15, -0.1) is 0 Å². The van der Waals surface area contributed by atoms with E-state index in [0.29, 0.717) is 24.6 Å². The summed E-state index contributed by atoms with van der Waals surface area (Å²) in [5.74, 6) is 1.40. The smallest absolute Gasteiger partial charge is 0.257 e. The van der Waals surface area contributed by atoms with Crippen molar-refractivity contribution in [1.29, 1.82) is 0 Å². The van der Waals surface area contributed by atoms with Gasteiger partial charge in [0.2, 0.25) is 0 Å². The monoisotopic (exact) mass is 356 g/mol. The number of anilines is 1. The van der Waals surface area contributed by atoms with E-state index < -0.39 is 0 Å². The van der Waals surface area contributed by atoms with Crippen molar-refractivity contribution in [1.82, 2.24) is 14.9 Å². The molecule has 5 nitrogen and oxygen atoms in total. The van der Waals surface area contributed by atoms with Gasteiger partial charge >= 0.3 is 0 Å². The molecule has 0 spiro atoms. The fourth-order valence-electron chi connectivity index (χ4n) is 3.26. The van der Waals surface area contributed by atoms with Crippen LogP contribution in [0.25, 0.3) is 0 Å². The van der Waals surface area contributed by atoms with E-state index in [4.69, 9.17) is 11.6 Å². The van der Waals surface area contributed by atoms with Gasteiger partial charge in [-0.2, -0.15) is 0 Å². The Balaban J connectivity index is 1.40. The molecule has 2 aromatic rings. The Bertz CT molecular complexity index is 781. The van der Waals surface area contributed by atoms with E-state index in [1.807, 2.05) is 23.1 Å². The van der Waals surface area contributed by atoms with Crippen molar-refractivity contribution in [2.24, 2.45) is 0 Å². The number of nitrogens with zero attached hydrogens (tertiary/aromatic N) is 4. The Kier molecular flexibility index (Phi) is 4.34. The zero-order chi connectivity index (χ0) is 17.4. The molecule has 2 fully saturated rings. The van der Waals surface area contributed by atoms with E-state index in [9.17, 15) is 4.79 Å². The lowest BCUT2D eigenvalue weighted by atomic mass is 10.1. The number of aryl methyl sites for hydroxylation is 1. The summed E-state index contributed by atoms with van der Waals surface area (Å²) in [6, 6.07) is 5.94. The molecule has 1 aliphatic heterocycles. The lowest BCUT2D eigenvalue weighted by Crippen LogP contribution is -2.49. The number of hydrogen-bond donors (Lipinski definition) is 0. The molecule has 2 heterocycles. The number of benzene rings is 1. The molecule has 1 amide bonds. The molecular formula is C19H21ClN4O. The molecule has 1 aromatic carbocycles. The second-order valence-corrected chi connectivity index (χ2v) is 7.25. The first-order chi connectivity index (χ1) is 12.1. The highest BCUT2D eigenvalue weighted by atomic mass is 35.5. The maximum Gasteiger partial charge on any atom is 0.257 e. The molecule has 6 heteroatoms. The molecule has 0 radical (unpaired) electrons. The van der Waals surface area contributed by atoms with Gasteiger partial charge in [0.05, 0.1) is 5.56 Å². The molecule has 0 unspecified atom stereocenters. The van der Waals surface area contributed by atoms with Crippen molar-refractivity contribution in [3.8, 4) is 0 Å². The third-order valence-corrected chi connectivity index (χ3v) is 5.18. The van der Waals surface area contributed by atoms with Gasteiger partial charge in [-0.05, 0) is 37.5 Å². The highest BCUT2D eigenvalue weighted by Gasteiger charge is 2.27. The van der Waals surface area contributed by atoms with Crippen LogP contribution in [0.3, 0.4) is 0 Å². The van der Waals surface area contributed by atoms with Crippen molar-refractivity contribution in [3.63, 3.8) is 0 Å². The molecule has 1 saturated heterocycles. The molecule has 1 aromatic heterocycles. The van der Waals surface area contributed by atoms with Gasteiger partial charge in [0.25, 0.3) is 5.91 Å². The van der Waals surface area contributed by atoms with Crippen molar-refractivity contribution < 1.29 is 4.79 Å². The van der Waals surface area contributed by atoms with Gasteiger partial charge < -0.3 is 9.80 Å². The normalized spacial score (nSPS) is 17.7.